The van der Waals surface area contributed by atoms with Crippen LogP contribution in [0.5, 0.6) is 0 Å². The van der Waals surface area contributed by atoms with Gasteiger partial charge in [0.1, 0.15) is 17.7 Å². The summed E-state index contributed by atoms with van der Waals surface area (Å²) in [5, 5.41) is 5.64. The Bertz CT molecular complexity index is 856. The van der Waals surface area contributed by atoms with E-state index >= 15 is 0 Å². The van der Waals surface area contributed by atoms with Gasteiger partial charge in [-0.15, -0.1) is 0 Å². The van der Waals surface area contributed by atoms with E-state index in [-0.39, 0.29) is 17.7 Å². The fourth-order valence-corrected chi connectivity index (χ4v) is 3.65. The second-order valence-corrected chi connectivity index (χ2v) is 11.1. The standard InChI is InChI=1S/C25H41N3O4S/c1-15(2)28(22(30)19(14-33)26-23(31)32-25(8,9)10)20(21(29)27-24(5,6)7)18-13-16(3)11-12-17(18)4/h11-13,15,19-20,33H,14H2,1-10H3,(H,26,31)(H,27,29). The maximum absolute atomic E-state index is 13.7. The number of nitrogens with zero attached hydrogens (tertiary/aromatic N) is 1. The molecule has 7 nitrogen and oxygen atoms in total. The van der Waals surface area contributed by atoms with Gasteiger partial charge in [0, 0.05) is 17.3 Å². The first kappa shape index (κ1) is 28.8. The molecular formula is C25H41N3O4S. The summed E-state index contributed by atoms with van der Waals surface area (Å²) in [6, 6.07) is 3.69. The van der Waals surface area contributed by atoms with Crippen LogP contribution in [0.25, 0.3) is 0 Å². The van der Waals surface area contributed by atoms with E-state index in [1.807, 2.05) is 66.7 Å². The second-order valence-electron chi connectivity index (χ2n) is 10.7. The van der Waals surface area contributed by atoms with E-state index in [1.54, 1.807) is 20.8 Å². The van der Waals surface area contributed by atoms with Gasteiger partial charge < -0.3 is 20.3 Å². The minimum Gasteiger partial charge on any atom is -0.444 e. The fraction of sp³-hybridized carbons (Fsp3) is 0.640. The van der Waals surface area contributed by atoms with Gasteiger partial charge in [-0.1, -0.05) is 23.8 Å². The van der Waals surface area contributed by atoms with Crippen molar-refractivity contribution >= 4 is 30.5 Å². The lowest BCUT2D eigenvalue weighted by molar-refractivity contribution is -0.144. The first-order chi connectivity index (χ1) is 15.0. The van der Waals surface area contributed by atoms with Crippen molar-refractivity contribution in [3.05, 3.63) is 34.9 Å². The Morgan fingerprint density at radius 3 is 2.09 bits per heavy atom. The van der Waals surface area contributed by atoms with E-state index in [9.17, 15) is 14.4 Å². The minimum atomic E-state index is -0.958. The predicted molar refractivity (Wildman–Crippen MR) is 136 cm³/mol. The number of hydrogen-bond donors (Lipinski definition) is 3. The molecule has 0 aliphatic carbocycles. The number of amides is 3. The molecule has 0 heterocycles. The van der Waals surface area contributed by atoms with Crippen molar-refractivity contribution in [1.29, 1.82) is 0 Å². The molecule has 2 atom stereocenters. The van der Waals surface area contributed by atoms with Crippen molar-refractivity contribution in [2.24, 2.45) is 0 Å². The van der Waals surface area contributed by atoms with Crippen molar-refractivity contribution in [3.8, 4) is 0 Å². The summed E-state index contributed by atoms with van der Waals surface area (Å²) in [6.07, 6.45) is -0.707. The quantitative estimate of drug-likeness (QED) is 0.508. The van der Waals surface area contributed by atoms with E-state index in [2.05, 4.69) is 23.3 Å². The highest BCUT2D eigenvalue weighted by Gasteiger charge is 2.39. The van der Waals surface area contributed by atoms with Gasteiger partial charge in [0.2, 0.25) is 11.8 Å². The summed E-state index contributed by atoms with van der Waals surface area (Å²) in [5.41, 5.74) is 1.43. The molecule has 0 aromatic heterocycles. The van der Waals surface area contributed by atoms with Gasteiger partial charge in [-0.05, 0) is 80.4 Å². The number of nitrogens with one attached hydrogen (secondary N) is 2. The number of rotatable bonds is 7. The molecule has 1 aromatic carbocycles. The lowest BCUT2D eigenvalue weighted by Crippen LogP contribution is -2.57. The van der Waals surface area contributed by atoms with Crippen LogP contribution in [-0.2, 0) is 14.3 Å². The molecule has 0 saturated heterocycles. The first-order valence-electron chi connectivity index (χ1n) is 11.3. The SMILES string of the molecule is Cc1ccc(C)c(C(C(=O)NC(C)(C)C)N(C(=O)C(CS)NC(=O)OC(C)(C)C)C(C)C)c1. The zero-order valence-electron chi connectivity index (χ0n) is 21.7. The van der Waals surface area contributed by atoms with Crippen molar-refractivity contribution in [1.82, 2.24) is 15.5 Å². The zero-order chi connectivity index (χ0) is 25.7. The van der Waals surface area contributed by atoms with Gasteiger partial charge in [0.25, 0.3) is 0 Å². The third kappa shape index (κ3) is 8.91. The van der Waals surface area contributed by atoms with Crippen molar-refractivity contribution in [2.75, 3.05) is 5.75 Å². The molecule has 0 saturated carbocycles. The van der Waals surface area contributed by atoms with Crippen LogP contribution in [-0.4, -0.2) is 51.8 Å². The molecule has 1 rings (SSSR count). The summed E-state index contributed by atoms with van der Waals surface area (Å²) >= 11 is 4.30. The summed E-state index contributed by atoms with van der Waals surface area (Å²) in [6.45, 7) is 18.5. The number of carbonyl (C=O) groups is 3. The number of hydrogen-bond acceptors (Lipinski definition) is 5. The van der Waals surface area contributed by atoms with Crippen LogP contribution < -0.4 is 10.6 Å². The molecule has 33 heavy (non-hydrogen) atoms. The van der Waals surface area contributed by atoms with Crippen molar-refractivity contribution < 1.29 is 19.1 Å². The van der Waals surface area contributed by atoms with Crippen LogP contribution in [0.3, 0.4) is 0 Å². The van der Waals surface area contributed by atoms with Crippen molar-refractivity contribution in [2.45, 2.75) is 98.5 Å². The van der Waals surface area contributed by atoms with Crippen LogP contribution in [0.1, 0.15) is 78.1 Å². The van der Waals surface area contributed by atoms with Crippen molar-refractivity contribution in [3.63, 3.8) is 0 Å². The number of alkyl carbamates (subject to hydrolysis) is 1. The molecule has 2 N–H and O–H groups in total. The Balaban J connectivity index is 3.48. The molecule has 1 aromatic rings. The average Bonchev–Trinajstić information content (AvgIpc) is 2.62. The maximum Gasteiger partial charge on any atom is 0.408 e. The lowest BCUT2D eigenvalue weighted by atomic mass is 9.94. The first-order valence-corrected chi connectivity index (χ1v) is 11.9. The second kappa shape index (κ2) is 11.3. The van der Waals surface area contributed by atoms with E-state index in [1.165, 1.54) is 4.90 Å². The highest BCUT2D eigenvalue weighted by Crippen LogP contribution is 2.29. The van der Waals surface area contributed by atoms with Gasteiger partial charge in [-0.3, -0.25) is 9.59 Å². The van der Waals surface area contributed by atoms with Gasteiger partial charge in [0.15, 0.2) is 0 Å². The topological polar surface area (TPSA) is 87.7 Å². The Labute approximate surface area is 204 Å². The fourth-order valence-electron chi connectivity index (χ4n) is 3.40. The summed E-state index contributed by atoms with van der Waals surface area (Å²) < 4.78 is 5.32. The number of aryl methyl sites for hydroxylation is 2. The molecule has 2 unspecified atom stereocenters. The Hall–Kier alpha value is -2.22. The molecule has 0 radical (unpaired) electrons. The zero-order valence-corrected chi connectivity index (χ0v) is 22.6. The molecular weight excluding hydrogens is 438 g/mol. The Morgan fingerprint density at radius 1 is 1.06 bits per heavy atom. The van der Waals surface area contributed by atoms with Crippen LogP contribution in [0.2, 0.25) is 0 Å². The van der Waals surface area contributed by atoms with E-state index < -0.39 is 35.2 Å². The summed E-state index contributed by atoms with van der Waals surface area (Å²) in [7, 11) is 0. The minimum absolute atomic E-state index is 0.0572. The van der Waals surface area contributed by atoms with Crippen LogP contribution in [0.15, 0.2) is 18.2 Å². The van der Waals surface area contributed by atoms with Crippen LogP contribution >= 0.6 is 12.6 Å². The number of carbonyl (C=O) groups excluding carboxylic acids is 3. The van der Waals surface area contributed by atoms with Gasteiger partial charge in [0.05, 0.1) is 0 Å². The number of benzene rings is 1. The molecule has 0 fully saturated rings. The van der Waals surface area contributed by atoms with E-state index in [4.69, 9.17) is 4.74 Å². The molecule has 0 spiro atoms. The Kier molecular flexibility index (Phi) is 9.84. The summed E-state index contributed by atoms with van der Waals surface area (Å²) in [4.78, 5) is 41.2. The molecule has 0 aliphatic heterocycles. The van der Waals surface area contributed by atoms with Crippen LogP contribution in [0.4, 0.5) is 4.79 Å². The highest BCUT2D eigenvalue weighted by atomic mass is 32.1. The molecule has 186 valence electrons. The third-order valence-electron chi connectivity index (χ3n) is 4.74. The van der Waals surface area contributed by atoms with E-state index in [0.717, 1.165) is 16.7 Å². The highest BCUT2D eigenvalue weighted by molar-refractivity contribution is 7.80. The Morgan fingerprint density at radius 2 is 1.64 bits per heavy atom. The number of thiol groups is 1. The predicted octanol–water partition coefficient (Wildman–Crippen LogP) is 4.32. The van der Waals surface area contributed by atoms with Gasteiger partial charge in [-0.25, -0.2) is 4.79 Å². The lowest BCUT2D eigenvalue weighted by Gasteiger charge is -2.38. The summed E-state index contributed by atoms with van der Waals surface area (Å²) in [5.74, 6) is -0.629. The van der Waals surface area contributed by atoms with Gasteiger partial charge >= 0.3 is 6.09 Å². The molecule has 0 bridgehead atoms. The normalized spacial score (nSPS) is 13.8. The molecule has 8 heteroatoms. The molecule has 0 aliphatic rings. The van der Waals surface area contributed by atoms with Gasteiger partial charge in [-0.2, -0.15) is 12.6 Å². The van der Waals surface area contributed by atoms with Crippen LogP contribution in [0, 0.1) is 13.8 Å². The number of ether oxygens (including phenoxy) is 1. The smallest absolute Gasteiger partial charge is 0.408 e. The monoisotopic (exact) mass is 479 g/mol. The molecule has 3 amide bonds. The maximum atomic E-state index is 13.7. The van der Waals surface area contributed by atoms with E-state index in [0.29, 0.717) is 0 Å². The average molecular weight is 480 g/mol. The largest absolute Gasteiger partial charge is 0.444 e. The third-order valence-corrected chi connectivity index (χ3v) is 5.10.